The summed E-state index contributed by atoms with van der Waals surface area (Å²) in [6.07, 6.45) is -0.112. The Morgan fingerprint density at radius 2 is 2.28 bits per heavy atom. The Hall–Kier alpha value is -1.47. The highest BCUT2D eigenvalue weighted by Gasteiger charge is 2.16. The first-order valence-corrected chi connectivity index (χ1v) is 6.00. The van der Waals surface area contributed by atoms with Gasteiger partial charge < -0.3 is 10.1 Å². The van der Waals surface area contributed by atoms with E-state index in [1.807, 2.05) is 6.92 Å². The van der Waals surface area contributed by atoms with Crippen LogP contribution in [0.2, 0.25) is 0 Å². The summed E-state index contributed by atoms with van der Waals surface area (Å²) >= 11 is 3.06. The third-order valence-corrected chi connectivity index (χ3v) is 3.03. The molecule has 1 N–H and O–H groups in total. The fourth-order valence-corrected chi connectivity index (χ4v) is 1.61. The zero-order valence-corrected chi connectivity index (χ0v) is 11.6. The highest BCUT2D eigenvalue weighted by atomic mass is 79.9. The molecule has 0 saturated heterocycles. The number of halogens is 1. The average Bonchev–Trinajstić information content (AvgIpc) is 2.35. The summed E-state index contributed by atoms with van der Waals surface area (Å²) in [5.74, 6) is -0.366. The van der Waals surface area contributed by atoms with Crippen LogP contribution in [-0.2, 0) is 4.74 Å². The van der Waals surface area contributed by atoms with E-state index >= 15 is 0 Å². The van der Waals surface area contributed by atoms with Crippen molar-refractivity contribution < 1.29 is 14.5 Å². The van der Waals surface area contributed by atoms with Crippen molar-refractivity contribution in [2.45, 2.75) is 13.0 Å². The summed E-state index contributed by atoms with van der Waals surface area (Å²) < 4.78 is 5.33. The van der Waals surface area contributed by atoms with Gasteiger partial charge in [-0.3, -0.25) is 14.9 Å². The smallest absolute Gasteiger partial charge is 0.284 e. The van der Waals surface area contributed by atoms with Crippen LogP contribution in [0.5, 0.6) is 0 Å². The molecule has 1 amide bonds. The summed E-state index contributed by atoms with van der Waals surface area (Å²) in [6.45, 7) is 2.16. The van der Waals surface area contributed by atoms with Gasteiger partial charge in [-0.15, -0.1) is 0 Å². The topological polar surface area (TPSA) is 81.5 Å². The van der Waals surface area contributed by atoms with Crippen molar-refractivity contribution in [1.29, 1.82) is 0 Å². The molecule has 6 nitrogen and oxygen atoms in total. The molecule has 0 radical (unpaired) electrons. The largest absolute Gasteiger partial charge is 0.380 e. The Morgan fingerprint density at radius 3 is 2.83 bits per heavy atom. The molecule has 0 aromatic heterocycles. The van der Waals surface area contributed by atoms with Gasteiger partial charge in [0.15, 0.2) is 0 Å². The summed E-state index contributed by atoms with van der Waals surface area (Å²) in [5.41, 5.74) is 0.107. The lowest BCUT2D eigenvalue weighted by Gasteiger charge is -2.10. The number of nitro benzene ring substituents is 1. The molecule has 0 saturated carbocycles. The van der Waals surface area contributed by atoms with Crippen molar-refractivity contribution in [1.82, 2.24) is 5.32 Å². The minimum Gasteiger partial charge on any atom is -0.380 e. The van der Waals surface area contributed by atoms with Gasteiger partial charge in [-0.05, 0) is 35.0 Å². The van der Waals surface area contributed by atoms with Crippen LogP contribution in [0.25, 0.3) is 0 Å². The van der Waals surface area contributed by atoms with Gasteiger partial charge in [0.1, 0.15) is 0 Å². The molecule has 0 spiro atoms. The van der Waals surface area contributed by atoms with Crippen molar-refractivity contribution in [2.24, 2.45) is 0 Å². The number of amides is 1. The van der Waals surface area contributed by atoms with E-state index in [0.29, 0.717) is 11.0 Å². The lowest BCUT2D eigenvalue weighted by atomic mass is 10.2. The number of methoxy groups -OCH3 is 1. The quantitative estimate of drug-likeness (QED) is 0.666. The number of carbonyl (C=O) groups excluding carboxylic acids is 1. The molecule has 0 bridgehead atoms. The third kappa shape index (κ3) is 3.78. The highest BCUT2D eigenvalue weighted by molar-refractivity contribution is 9.10. The maximum absolute atomic E-state index is 11.7. The van der Waals surface area contributed by atoms with Crippen molar-refractivity contribution >= 4 is 27.5 Å². The van der Waals surface area contributed by atoms with Crippen molar-refractivity contribution in [3.63, 3.8) is 0 Å². The Kier molecular flexibility index (Phi) is 5.24. The second-order valence-electron chi connectivity index (χ2n) is 3.68. The summed E-state index contributed by atoms with van der Waals surface area (Å²) in [4.78, 5) is 21.9. The maximum atomic E-state index is 11.7. The van der Waals surface area contributed by atoms with Crippen molar-refractivity contribution in [3.05, 3.63) is 38.3 Å². The molecule has 1 atom stereocenters. The van der Waals surface area contributed by atoms with Gasteiger partial charge >= 0.3 is 0 Å². The Labute approximate surface area is 113 Å². The van der Waals surface area contributed by atoms with Crippen LogP contribution in [0.1, 0.15) is 17.3 Å². The Balaban J connectivity index is 2.80. The summed E-state index contributed by atoms with van der Waals surface area (Å²) in [7, 11) is 1.54. The molecule has 0 aliphatic heterocycles. The molecule has 1 aromatic carbocycles. The lowest BCUT2D eigenvalue weighted by Crippen LogP contribution is -2.31. The van der Waals surface area contributed by atoms with Gasteiger partial charge in [-0.25, -0.2) is 0 Å². The minimum absolute atomic E-state index is 0.112. The van der Waals surface area contributed by atoms with Crippen LogP contribution >= 0.6 is 15.9 Å². The third-order valence-electron chi connectivity index (χ3n) is 2.36. The highest BCUT2D eigenvalue weighted by Crippen LogP contribution is 2.25. The van der Waals surface area contributed by atoms with Gasteiger partial charge in [0.25, 0.3) is 11.6 Å². The molecule has 98 valence electrons. The Morgan fingerprint density at radius 1 is 1.61 bits per heavy atom. The maximum Gasteiger partial charge on any atom is 0.284 e. The number of ether oxygens (including phenoxy) is 1. The van der Waals surface area contributed by atoms with Gasteiger partial charge in [0, 0.05) is 25.3 Å². The first-order valence-electron chi connectivity index (χ1n) is 5.20. The molecule has 18 heavy (non-hydrogen) atoms. The zero-order valence-electron chi connectivity index (χ0n) is 9.97. The van der Waals surface area contributed by atoms with Gasteiger partial charge in [-0.1, -0.05) is 0 Å². The van der Waals surface area contributed by atoms with Crippen LogP contribution < -0.4 is 5.32 Å². The number of hydrogen-bond donors (Lipinski definition) is 1. The van der Waals surface area contributed by atoms with E-state index in [9.17, 15) is 14.9 Å². The number of nitrogens with one attached hydrogen (secondary N) is 1. The fourth-order valence-electron chi connectivity index (χ4n) is 1.22. The molecule has 1 unspecified atom stereocenters. The molecule has 0 aliphatic rings. The predicted molar refractivity (Wildman–Crippen MR) is 69.6 cm³/mol. The zero-order chi connectivity index (χ0) is 13.7. The number of hydrogen-bond acceptors (Lipinski definition) is 4. The average molecular weight is 317 g/mol. The summed E-state index contributed by atoms with van der Waals surface area (Å²) in [5, 5.41) is 13.4. The second-order valence-corrected chi connectivity index (χ2v) is 4.53. The van der Waals surface area contributed by atoms with Crippen LogP contribution in [0.3, 0.4) is 0 Å². The molecule has 0 fully saturated rings. The van der Waals surface area contributed by atoms with E-state index in [1.54, 1.807) is 7.11 Å². The lowest BCUT2D eigenvalue weighted by molar-refractivity contribution is -0.385. The SMILES string of the molecule is COC(C)CNC(=O)c1ccc(Br)c([N+](=O)[O-])c1. The first kappa shape index (κ1) is 14.6. The van der Waals surface area contributed by atoms with E-state index in [0.717, 1.165) is 0 Å². The first-order chi connectivity index (χ1) is 8.45. The monoisotopic (exact) mass is 316 g/mol. The molecule has 1 aromatic rings. The number of nitro groups is 1. The minimum atomic E-state index is -0.543. The Bertz CT molecular complexity index is 464. The van der Waals surface area contributed by atoms with E-state index < -0.39 is 4.92 Å². The standard InChI is InChI=1S/C11H13BrN2O4/c1-7(18-2)6-13-11(15)8-3-4-9(12)10(5-8)14(16)17/h3-5,7H,6H2,1-2H3,(H,13,15). The van der Waals surface area contributed by atoms with E-state index in [-0.39, 0.29) is 23.3 Å². The molecular formula is C11H13BrN2O4. The molecule has 0 heterocycles. The van der Waals surface area contributed by atoms with E-state index in [2.05, 4.69) is 21.2 Å². The van der Waals surface area contributed by atoms with Crippen LogP contribution in [0.4, 0.5) is 5.69 Å². The van der Waals surface area contributed by atoms with Crippen LogP contribution in [-0.4, -0.2) is 30.6 Å². The van der Waals surface area contributed by atoms with Gasteiger partial charge in [-0.2, -0.15) is 0 Å². The number of rotatable bonds is 5. The van der Waals surface area contributed by atoms with Crippen molar-refractivity contribution in [3.8, 4) is 0 Å². The second kappa shape index (κ2) is 6.46. The van der Waals surface area contributed by atoms with Gasteiger partial charge in [0.2, 0.25) is 0 Å². The summed E-state index contributed by atoms with van der Waals surface area (Å²) in [6, 6.07) is 4.23. The molecular weight excluding hydrogens is 304 g/mol. The van der Waals surface area contributed by atoms with E-state index in [1.165, 1.54) is 18.2 Å². The molecule has 1 rings (SSSR count). The van der Waals surface area contributed by atoms with E-state index in [4.69, 9.17) is 4.74 Å². The number of nitrogens with zero attached hydrogens (tertiary/aromatic N) is 1. The molecule has 7 heteroatoms. The van der Waals surface area contributed by atoms with Gasteiger partial charge in [0.05, 0.1) is 15.5 Å². The predicted octanol–water partition coefficient (Wildman–Crippen LogP) is 2.12. The van der Waals surface area contributed by atoms with Crippen LogP contribution in [0, 0.1) is 10.1 Å². The van der Waals surface area contributed by atoms with Crippen molar-refractivity contribution in [2.75, 3.05) is 13.7 Å². The molecule has 0 aliphatic carbocycles. The number of carbonyl (C=O) groups is 1. The number of benzene rings is 1. The normalized spacial score (nSPS) is 11.9. The van der Waals surface area contributed by atoms with Crippen LogP contribution in [0.15, 0.2) is 22.7 Å². The fraction of sp³-hybridized carbons (Fsp3) is 0.364.